The summed E-state index contributed by atoms with van der Waals surface area (Å²) in [5.74, 6) is -1.12. The summed E-state index contributed by atoms with van der Waals surface area (Å²) in [6.45, 7) is 1.39. The third-order valence-corrected chi connectivity index (χ3v) is 1.85. The topological polar surface area (TPSA) is 75.3 Å². The maximum Gasteiger partial charge on any atom is 0.308 e. The predicted octanol–water partition coefficient (Wildman–Crippen LogP) is -0.992. The molecule has 0 spiro atoms. The van der Waals surface area contributed by atoms with Crippen molar-refractivity contribution in [2.75, 3.05) is 13.1 Å². The molecule has 1 heterocycles. The molecular weight excluding hydrogens is 132 g/mol. The molecule has 4 nitrogen and oxygen atoms in total. The number of aliphatic carboxylic acids is 1. The van der Waals surface area contributed by atoms with E-state index >= 15 is 0 Å². The Hall–Kier alpha value is -0.610. The fourth-order valence-corrected chi connectivity index (χ4v) is 1.19. The van der Waals surface area contributed by atoms with Gasteiger partial charge in [0.2, 0.25) is 0 Å². The summed E-state index contributed by atoms with van der Waals surface area (Å²) in [5.41, 5.74) is 5.54. The molecule has 0 bridgehead atoms. The molecule has 4 heteroatoms. The number of piperidine rings is 1. The van der Waals surface area contributed by atoms with Crippen molar-refractivity contribution in [2.45, 2.75) is 12.5 Å². The fourth-order valence-electron chi connectivity index (χ4n) is 1.19. The molecule has 0 saturated carbocycles. The molecule has 0 aromatic heterocycles. The van der Waals surface area contributed by atoms with Crippen LogP contribution < -0.4 is 11.1 Å². The highest BCUT2D eigenvalue weighted by Crippen LogP contribution is 2.09. The van der Waals surface area contributed by atoms with Gasteiger partial charge in [-0.2, -0.15) is 0 Å². The van der Waals surface area contributed by atoms with Crippen LogP contribution in [0.15, 0.2) is 0 Å². The minimum Gasteiger partial charge on any atom is -0.481 e. The molecule has 10 heavy (non-hydrogen) atoms. The van der Waals surface area contributed by atoms with Crippen LogP contribution in [0.3, 0.4) is 0 Å². The minimum absolute atomic E-state index is 0.216. The SMILES string of the molecule is N[C@H]1CNCC[C@@H]1C(=O)O. The highest BCUT2D eigenvalue weighted by atomic mass is 16.4. The fraction of sp³-hybridized carbons (Fsp3) is 0.833. The van der Waals surface area contributed by atoms with Gasteiger partial charge in [-0.05, 0) is 13.0 Å². The zero-order chi connectivity index (χ0) is 7.56. The summed E-state index contributed by atoms with van der Waals surface area (Å²) in [7, 11) is 0. The van der Waals surface area contributed by atoms with E-state index in [0.29, 0.717) is 13.0 Å². The average Bonchev–Trinajstić information content (AvgIpc) is 1.88. The van der Waals surface area contributed by atoms with Crippen molar-refractivity contribution >= 4 is 5.97 Å². The lowest BCUT2D eigenvalue weighted by molar-refractivity contribution is -0.143. The first-order chi connectivity index (χ1) is 4.72. The van der Waals surface area contributed by atoms with Crippen molar-refractivity contribution in [1.82, 2.24) is 5.32 Å². The van der Waals surface area contributed by atoms with Gasteiger partial charge < -0.3 is 16.2 Å². The molecule has 0 aliphatic carbocycles. The summed E-state index contributed by atoms with van der Waals surface area (Å²) < 4.78 is 0. The van der Waals surface area contributed by atoms with Gasteiger partial charge in [0.1, 0.15) is 0 Å². The number of nitrogens with one attached hydrogen (secondary N) is 1. The Bertz CT molecular complexity index is 138. The third kappa shape index (κ3) is 1.46. The third-order valence-electron chi connectivity index (χ3n) is 1.85. The van der Waals surface area contributed by atoms with Gasteiger partial charge in [0.15, 0.2) is 0 Å². The van der Waals surface area contributed by atoms with Crippen molar-refractivity contribution < 1.29 is 9.90 Å². The summed E-state index contributed by atoms with van der Waals surface area (Å²) >= 11 is 0. The maximum atomic E-state index is 10.5. The molecule has 1 aliphatic heterocycles. The number of nitrogens with two attached hydrogens (primary N) is 1. The van der Waals surface area contributed by atoms with E-state index < -0.39 is 5.97 Å². The Morgan fingerprint density at radius 3 is 2.80 bits per heavy atom. The number of carboxylic acid groups (broad SMARTS) is 1. The van der Waals surface area contributed by atoms with E-state index in [9.17, 15) is 4.79 Å². The Kier molecular flexibility index (Phi) is 2.24. The monoisotopic (exact) mass is 144 g/mol. The summed E-state index contributed by atoms with van der Waals surface area (Å²) in [5, 5.41) is 11.6. The second-order valence-electron chi connectivity index (χ2n) is 2.60. The molecule has 1 fully saturated rings. The zero-order valence-corrected chi connectivity index (χ0v) is 5.71. The zero-order valence-electron chi connectivity index (χ0n) is 5.71. The largest absolute Gasteiger partial charge is 0.481 e. The van der Waals surface area contributed by atoms with E-state index in [1.807, 2.05) is 0 Å². The van der Waals surface area contributed by atoms with E-state index in [0.717, 1.165) is 6.54 Å². The van der Waals surface area contributed by atoms with Gasteiger partial charge in [0, 0.05) is 12.6 Å². The van der Waals surface area contributed by atoms with Gasteiger partial charge in [-0.1, -0.05) is 0 Å². The molecule has 1 saturated heterocycles. The highest BCUT2D eigenvalue weighted by Gasteiger charge is 2.27. The average molecular weight is 144 g/mol. The number of hydrogen-bond acceptors (Lipinski definition) is 3. The van der Waals surface area contributed by atoms with E-state index in [2.05, 4.69) is 5.32 Å². The molecule has 0 amide bonds. The van der Waals surface area contributed by atoms with Crippen LogP contribution in [0, 0.1) is 5.92 Å². The van der Waals surface area contributed by atoms with Crippen LogP contribution in [-0.4, -0.2) is 30.2 Å². The second-order valence-corrected chi connectivity index (χ2v) is 2.60. The molecule has 1 rings (SSSR count). The first kappa shape index (κ1) is 7.50. The molecular formula is C6H12N2O2. The molecule has 0 radical (unpaired) electrons. The molecule has 4 N–H and O–H groups in total. The standard InChI is InChI=1S/C6H12N2O2/c7-5-3-8-2-1-4(5)6(9)10/h4-5,8H,1-3,7H2,(H,9,10)/t4-,5-/m0/s1. The smallest absolute Gasteiger partial charge is 0.308 e. The lowest BCUT2D eigenvalue weighted by Gasteiger charge is -2.25. The number of carbonyl (C=O) groups is 1. The van der Waals surface area contributed by atoms with Crippen molar-refractivity contribution in [3.05, 3.63) is 0 Å². The first-order valence-electron chi connectivity index (χ1n) is 3.41. The Morgan fingerprint density at radius 2 is 2.40 bits per heavy atom. The lowest BCUT2D eigenvalue weighted by atomic mass is 9.94. The van der Waals surface area contributed by atoms with Gasteiger partial charge in [-0.3, -0.25) is 4.79 Å². The Morgan fingerprint density at radius 1 is 1.70 bits per heavy atom. The Balaban J connectivity index is 2.47. The highest BCUT2D eigenvalue weighted by molar-refractivity contribution is 5.71. The molecule has 0 unspecified atom stereocenters. The van der Waals surface area contributed by atoms with Crippen LogP contribution in [0.5, 0.6) is 0 Å². The molecule has 0 aromatic rings. The molecule has 2 atom stereocenters. The van der Waals surface area contributed by atoms with Crippen LogP contribution in [-0.2, 0) is 4.79 Å². The van der Waals surface area contributed by atoms with Gasteiger partial charge >= 0.3 is 5.97 Å². The summed E-state index contributed by atoms with van der Waals surface area (Å²) in [6, 6.07) is -0.216. The first-order valence-corrected chi connectivity index (χ1v) is 3.41. The van der Waals surface area contributed by atoms with Crippen LogP contribution in [0.2, 0.25) is 0 Å². The molecule has 0 aromatic carbocycles. The van der Waals surface area contributed by atoms with E-state index in [1.165, 1.54) is 0 Å². The predicted molar refractivity (Wildman–Crippen MR) is 36.6 cm³/mol. The van der Waals surface area contributed by atoms with Gasteiger partial charge in [-0.15, -0.1) is 0 Å². The summed E-state index contributed by atoms with van der Waals surface area (Å²) in [4.78, 5) is 10.5. The van der Waals surface area contributed by atoms with Gasteiger partial charge in [0.05, 0.1) is 5.92 Å². The lowest BCUT2D eigenvalue weighted by Crippen LogP contribution is -2.48. The minimum atomic E-state index is -0.769. The second kappa shape index (κ2) is 2.98. The van der Waals surface area contributed by atoms with E-state index in [1.54, 1.807) is 0 Å². The quantitative estimate of drug-likeness (QED) is 0.441. The van der Waals surface area contributed by atoms with Crippen LogP contribution in [0.25, 0.3) is 0 Å². The molecule has 58 valence electrons. The number of hydrogen-bond donors (Lipinski definition) is 3. The van der Waals surface area contributed by atoms with Crippen LogP contribution in [0.4, 0.5) is 0 Å². The van der Waals surface area contributed by atoms with Crippen molar-refractivity contribution in [1.29, 1.82) is 0 Å². The maximum absolute atomic E-state index is 10.5. The number of rotatable bonds is 1. The Labute approximate surface area is 59.4 Å². The van der Waals surface area contributed by atoms with Gasteiger partial charge in [-0.25, -0.2) is 0 Å². The molecule has 1 aliphatic rings. The van der Waals surface area contributed by atoms with Crippen LogP contribution >= 0.6 is 0 Å². The van der Waals surface area contributed by atoms with E-state index in [-0.39, 0.29) is 12.0 Å². The van der Waals surface area contributed by atoms with Crippen molar-refractivity contribution in [2.24, 2.45) is 11.7 Å². The van der Waals surface area contributed by atoms with E-state index in [4.69, 9.17) is 10.8 Å². The normalized spacial score (nSPS) is 33.7. The van der Waals surface area contributed by atoms with Crippen molar-refractivity contribution in [3.8, 4) is 0 Å². The summed E-state index contributed by atoms with van der Waals surface area (Å²) in [6.07, 6.45) is 0.649. The van der Waals surface area contributed by atoms with Crippen molar-refractivity contribution in [3.63, 3.8) is 0 Å². The van der Waals surface area contributed by atoms with Crippen LogP contribution in [0.1, 0.15) is 6.42 Å². The number of carboxylic acids is 1. The van der Waals surface area contributed by atoms with Gasteiger partial charge in [0.25, 0.3) is 0 Å².